The average molecular weight is 165 g/mol. The molecule has 1 rings (SSSR count). The molecule has 2 nitrogen and oxygen atoms in total. The monoisotopic (exact) mass is 165 g/mol. The van der Waals surface area contributed by atoms with Crippen molar-refractivity contribution in [1.82, 2.24) is 0 Å². The van der Waals surface area contributed by atoms with Gasteiger partial charge in [-0.25, -0.2) is 0 Å². The molecule has 0 heterocycles. The standard InChI is InChI=1S/C10H15NO/c1-2-9(11)10(12)8-6-4-3-5-7-8/h3-7,9-10,12H,2,11H2,1H3/t9?,10-/m0/s1. The second kappa shape index (κ2) is 4.24. The van der Waals surface area contributed by atoms with Crippen molar-refractivity contribution in [3.05, 3.63) is 35.9 Å². The Morgan fingerprint density at radius 1 is 1.33 bits per heavy atom. The fourth-order valence-electron chi connectivity index (χ4n) is 1.12. The molecule has 0 aliphatic heterocycles. The normalized spacial score (nSPS) is 15.6. The molecule has 0 spiro atoms. The van der Waals surface area contributed by atoms with Crippen molar-refractivity contribution in [2.75, 3.05) is 0 Å². The molecule has 1 aromatic carbocycles. The first kappa shape index (κ1) is 9.23. The van der Waals surface area contributed by atoms with Gasteiger partial charge in [0.15, 0.2) is 0 Å². The Morgan fingerprint density at radius 2 is 1.92 bits per heavy atom. The van der Waals surface area contributed by atoms with Crippen LogP contribution in [-0.2, 0) is 0 Å². The van der Waals surface area contributed by atoms with Crippen LogP contribution >= 0.6 is 0 Å². The second-order valence-electron chi connectivity index (χ2n) is 2.93. The van der Waals surface area contributed by atoms with Crippen LogP contribution in [0, 0.1) is 0 Å². The summed E-state index contributed by atoms with van der Waals surface area (Å²) in [5.41, 5.74) is 6.59. The highest BCUT2D eigenvalue weighted by molar-refractivity contribution is 5.18. The predicted molar refractivity (Wildman–Crippen MR) is 49.7 cm³/mol. The summed E-state index contributed by atoms with van der Waals surface area (Å²) in [5, 5.41) is 9.66. The first-order valence-corrected chi connectivity index (χ1v) is 4.24. The van der Waals surface area contributed by atoms with Gasteiger partial charge in [0.1, 0.15) is 0 Å². The van der Waals surface area contributed by atoms with Gasteiger partial charge in [-0.05, 0) is 12.0 Å². The Morgan fingerprint density at radius 3 is 2.42 bits per heavy atom. The Bertz CT molecular complexity index is 223. The molecule has 0 radical (unpaired) electrons. The zero-order valence-corrected chi connectivity index (χ0v) is 7.27. The number of nitrogens with two attached hydrogens (primary N) is 1. The van der Waals surface area contributed by atoms with Crippen LogP contribution < -0.4 is 5.73 Å². The first-order valence-electron chi connectivity index (χ1n) is 4.24. The van der Waals surface area contributed by atoms with Crippen molar-refractivity contribution in [3.8, 4) is 0 Å². The number of aliphatic hydroxyl groups is 1. The van der Waals surface area contributed by atoms with E-state index in [2.05, 4.69) is 0 Å². The molecule has 0 aliphatic rings. The summed E-state index contributed by atoms with van der Waals surface area (Å²) in [5.74, 6) is 0. The van der Waals surface area contributed by atoms with E-state index in [1.165, 1.54) is 0 Å². The molecule has 1 unspecified atom stereocenters. The Hall–Kier alpha value is -0.860. The zero-order valence-electron chi connectivity index (χ0n) is 7.27. The minimum Gasteiger partial charge on any atom is -0.387 e. The van der Waals surface area contributed by atoms with E-state index in [0.29, 0.717) is 0 Å². The predicted octanol–water partition coefficient (Wildman–Crippen LogP) is 1.46. The molecule has 2 heteroatoms. The molecule has 1 aromatic rings. The van der Waals surface area contributed by atoms with Gasteiger partial charge in [-0.1, -0.05) is 37.3 Å². The average Bonchev–Trinajstić information content (AvgIpc) is 2.17. The van der Waals surface area contributed by atoms with Crippen LogP contribution in [0.2, 0.25) is 0 Å². The van der Waals surface area contributed by atoms with Crippen molar-refractivity contribution < 1.29 is 5.11 Å². The zero-order chi connectivity index (χ0) is 8.97. The third-order valence-corrected chi connectivity index (χ3v) is 2.02. The van der Waals surface area contributed by atoms with Gasteiger partial charge < -0.3 is 10.8 Å². The molecular formula is C10H15NO. The number of rotatable bonds is 3. The van der Waals surface area contributed by atoms with Gasteiger partial charge in [0, 0.05) is 6.04 Å². The van der Waals surface area contributed by atoms with Crippen LogP contribution in [0.25, 0.3) is 0 Å². The molecule has 0 saturated heterocycles. The number of benzene rings is 1. The van der Waals surface area contributed by atoms with Crippen LogP contribution in [0.3, 0.4) is 0 Å². The summed E-state index contributed by atoms with van der Waals surface area (Å²) >= 11 is 0. The van der Waals surface area contributed by atoms with Gasteiger partial charge in [0.2, 0.25) is 0 Å². The second-order valence-corrected chi connectivity index (χ2v) is 2.93. The van der Waals surface area contributed by atoms with Gasteiger partial charge in [0.25, 0.3) is 0 Å². The highest BCUT2D eigenvalue weighted by Gasteiger charge is 2.13. The van der Waals surface area contributed by atoms with Crippen molar-refractivity contribution in [2.24, 2.45) is 5.73 Å². The van der Waals surface area contributed by atoms with Crippen LogP contribution in [0.1, 0.15) is 25.0 Å². The SMILES string of the molecule is CCC(N)[C@@H](O)c1ccccc1. The van der Waals surface area contributed by atoms with Crippen molar-refractivity contribution >= 4 is 0 Å². The van der Waals surface area contributed by atoms with Crippen LogP contribution in [0.4, 0.5) is 0 Å². The topological polar surface area (TPSA) is 46.2 Å². The molecule has 0 fully saturated rings. The van der Waals surface area contributed by atoms with Crippen molar-refractivity contribution in [1.29, 1.82) is 0 Å². The highest BCUT2D eigenvalue weighted by Crippen LogP contribution is 2.16. The van der Waals surface area contributed by atoms with E-state index in [-0.39, 0.29) is 6.04 Å². The fourth-order valence-corrected chi connectivity index (χ4v) is 1.12. The minimum atomic E-state index is -0.531. The lowest BCUT2D eigenvalue weighted by Crippen LogP contribution is -2.27. The van der Waals surface area contributed by atoms with Gasteiger partial charge in [-0.2, -0.15) is 0 Å². The number of hydrogen-bond donors (Lipinski definition) is 2. The minimum absolute atomic E-state index is 0.160. The van der Waals surface area contributed by atoms with E-state index in [4.69, 9.17) is 5.73 Å². The summed E-state index contributed by atoms with van der Waals surface area (Å²) in [6, 6.07) is 9.35. The maximum absolute atomic E-state index is 9.66. The molecule has 66 valence electrons. The number of aliphatic hydroxyl groups excluding tert-OH is 1. The van der Waals surface area contributed by atoms with Crippen LogP contribution in [-0.4, -0.2) is 11.1 Å². The fraction of sp³-hybridized carbons (Fsp3) is 0.400. The molecule has 0 saturated carbocycles. The Balaban J connectivity index is 2.71. The Labute approximate surface area is 73.0 Å². The molecule has 12 heavy (non-hydrogen) atoms. The van der Waals surface area contributed by atoms with Crippen molar-refractivity contribution in [2.45, 2.75) is 25.5 Å². The molecule has 3 N–H and O–H groups in total. The van der Waals surface area contributed by atoms with Crippen molar-refractivity contribution in [3.63, 3.8) is 0 Å². The number of hydrogen-bond acceptors (Lipinski definition) is 2. The largest absolute Gasteiger partial charge is 0.387 e. The van der Waals surface area contributed by atoms with E-state index in [1.807, 2.05) is 37.3 Å². The molecule has 0 amide bonds. The van der Waals surface area contributed by atoms with Crippen LogP contribution in [0.5, 0.6) is 0 Å². The summed E-state index contributed by atoms with van der Waals surface area (Å²) in [4.78, 5) is 0. The third-order valence-electron chi connectivity index (χ3n) is 2.02. The van der Waals surface area contributed by atoms with E-state index in [0.717, 1.165) is 12.0 Å². The highest BCUT2D eigenvalue weighted by atomic mass is 16.3. The van der Waals surface area contributed by atoms with E-state index < -0.39 is 6.10 Å². The van der Waals surface area contributed by atoms with Crippen LogP contribution in [0.15, 0.2) is 30.3 Å². The summed E-state index contributed by atoms with van der Waals surface area (Å²) < 4.78 is 0. The summed E-state index contributed by atoms with van der Waals surface area (Å²) in [6.45, 7) is 1.97. The van der Waals surface area contributed by atoms with Gasteiger partial charge in [-0.3, -0.25) is 0 Å². The smallest absolute Gasteiger partial charge is 0.0940 e. The third kappa shape index (κ3) is 2.06. The van der Waals surface area contributed by atoms with E-state index in [9.17, 15) is 5.11 Å². The lowest BCUT2D eigenvalue weighted by Gasteiger charge is -2.16. The van der Waals surface area contributed by atoms with E-state index >= 15 is 0 Å². The molecule has 0 aromatic heterocycles. The van der Waals surface area contributed by atoms with Gasteiger partial charge in [-0.15, -0.1) is 0 Å². The first-order chi connectivity index (χ1) is 5.75. The quantitative estimate of drug-likeness (QED) is 0.712. The lowest BCUT2D eigenvalue weighted by atomic mass is 10.0. The molecular weight excluding hydrogens is 150 g/mol. The Kier molecular flexibility index (Phi) is 3.26. The summed E-state index contributed by atoms with van der Waals surface area (Å²) in [6.07, 6.45) is 0.256. The van der Waals surface area contributed by atoms with Gasteiger partial charge >= 0.3 is 0 Å². The molecule has 0 bridgehead atoms. The van der Waals surface area contributed by atoms with Gasteiger partial charge in [0.05, 0.1) is 6.10 Å². The lowest BCUT2D eigenvalue weighted by molar-refractivity contribution is 0.144. The summed E-state index contributed by atoms with van der Waals surface area (Å²) in [7, 11) is 0. The van der Waals surface area contributed by atoms with E-state index in [1.54, 1.807) is 0 Å². The molecule has 2 atom stereocenters. The molecule has 0 aliphatic carbocycles. The maximum atomic E-state index is 9.66. The maximum Gasteiger partial charge on any atom is 0.0940 e.